The number of rotatable bonds is 5. The van der Waals surface area contributed by atoms with Crippen molar-refractivity contribution in [3.8, 4) is 0 Å². The minimum absolute atomic E-state index is 0.0293. The molecule has 2 fully saturated rings. The first-order chi connectivity index (χ1) is 15.4. The number of likely N-dealkylation sites (tertiary alicyclic amines) is 1. The fourth-order valence-electron chi connectivity index (χ4n) is 5.15. The number of piperidine rings is 2. The van der Waals surface area contributed by atoms with Crippen LogP contribution in [0.15, 0.2) is 54.6 Å². The van der Waals surface area contributed by atoms with Gasteiger partial charge in [-0.25, -0.2) is 4.39 Å². The van der Waals surface area contributed by atoms with Gasteiger partial charge in [-0.2, -0.15) is 0 Å². The molecule has 170 valence electrons. The van der Waals surface area contributed by atoms with Crippen molar-refractivity contribution in [1.29, 1.82) is 0 Å². The quantitative estimate of drug-likeness (QED) is 0.761. The number of amides is 2. The number of hydrogen-bond donors (Lipinski definition) is 1. The average molecular weight is 439 g/mol. The van der Waals surface area contributed by atoms with Crippen molar-refractivity contribution in [2.75, 3.05) is 19.6 Å². The summed E-state index contributed by atoms with van der Waals surface area (Å²) in [6.07, 6.45) is 1.19. The third-order valence-electron chi connectivity index (χ3n) is 6.83. The highest BCUT2D eigenvalue weighted by atomic mass is 19.1. The Morgan fingerprint density at radius 3 is 2.38 bits per heavy atom. The van der Waals surface area contributed by atoms with E-state index in [9.17, 15) is 14.0 Å². The first-order valence-corrected chi connectivity index (χ1v) is 11.4. The van der Waals surface area contributed by atoms with Gasteiger partial charge in [0.1, 0.15) is 5.82 Å². The SMILES string of the molecule is CC(C)OC(C(=O)N1CCC2(CC1)CC(=O)NCC2c1ccc(F)cc1)c1ccccc1. The molecular formula is C26H31FN2O3. The molecule has 6 heteroatoms. The van der Waals surface area contributed by atoms with Gasteiger partial charge in [-0.05, 0) is 55.4 Å². The number of hydrogen-bond acceptors (Lipinski definition) is 3. The summed E-state index contributed by atoms with van der Waals surface area (Å²) in [5.74, 6) is -0.137. The third kappa shape index (κ3) is 4.70. The van der Waals surface area contributed by atoms with Crippen LogP contribution in [0.5, 0.6) is 0 Å². The molecule has 2 heterocycles. The highest BCUT2D eigenvalue weighted by Gasteiger charge is 2.47. The van der Waals surface area contributed by atoms with Gasteiger partial charge in [-0.3, -0.25) is 9.59 Å². The van der Waals surface area contributed by atoms with Crippen molar-refractivity contribution in [2.45, 2.75) is 51.2 Å². The first kappa shape index (κ1) is 22.5. The lowest BCUT2D eigenvalue weighted by atomic mass is 9.62. The Bertz CT molecular complexity index is 937. The van der Waals surface area contributed by atoms with Gasteiger partial charge in [0.15, 0.2) is 6.10 Å². The van der Waals surface area contributed by atoms with Crippen LogP contribution in [0.2, 0.25) is 0 Å². The normalized spacial score (nSPS) is 21.4. The molecule has 0 saturated carbocycles. The molecule has 1 N–H and O–H groups in total. The molecule has 5 nitrogen and oxygen atoms in total. The smallest absolute Gasteiger partial charge is 0.256 e. The van der Waals surface area contributed by atoms with Crippen molar-refractivity contribution in [3.05, 3.63) is 71.5 Å². The van der Waals surface area contributed by atoms with E-state index in [4.69, 9.17) is 4.74 Å². The second kappa shape index (κ2) is 9.41. The summed E-state index contributed by atoms with van der Waals surface area (Å²) in [7, 11) is 0. The summed E-state index contributed by atoms with van der Waals surface area (Å²) in [5, 5.41) is 2.98. The van der Waals surface area contributed by atoms with E-state index in [1.807, 2.05) is 61.2 Å². The van der Waals surface area contributed by atoms with Crippen LogP contribution in [0.1, 0.15) is 56.3 Å². The van der Waals surface area contributed by atoms with Crippen molar-refractivity contribution in [3.63, 3.8) is 0 Å². The summed E-state index contributed by atoms with van der Waals surface area (Å²) in [4.78, 5) is 27.6. The van der Waals surface area contributed by atoms with Gasteiger partial charge >= 0.3 is 0 Å². The highest BCUT2D eigenvalue weighted by Crippen LogP contribution is 2.49. The lowest BCUT2D eigenvalue weighted by Gasteiger charge is -2.49. The summed E-state index contributed by atoms with van der Waals surface area (Å²) in [6, 6.07) is 16.2. The van der Waals surface area contributed by atoms with Crippen LogP contribution in [-0.2, 0) is 14.3 Å². The molecule has 0 radical (unpaired) electrons. The molecule has 1 spiro atoms. The number of nitrogens with zero attached hydrogens (tertiary/aromatic N) is 1. The van der Waals surface area contributed by atoms with Crippen molar-refractivity contribution in [1.82, 2.24) is 10.2 Å². The second-order valence-corrected chi connectivity index (χ2v) is 9.25. The molecular weight excluding hydrogens is 407 g/mol. The number of carbonyl (C=O) groups excluding carboxylic acids is 2. The minimum atomic E-state index is -0.632. The molecule has 0 aliphatic carbocycles. The van der Waals surface area contributed by atoms with Crippen LogP contribution in [0.3, 0.4) is 0 Å². The fraction of sp³-hybridized carbons (Fsp3) is 0.462. The monoisotopic (exact) mass is 438 g/mol. The Morgan fingerprint density at radius 1 is 1.09 bits per heavy atom. The molecule has 0 aromatic heterocycles. The van der Waals surface area contributed by atoms with Gasteiger partial charge in [0, 0.05) is 32.0 Å². The van der Waals surface area contributed by atoms with Crippen molar-refractivity contribution < 1.29 is 18.7 Å². The standard InChI is InChI=1S/C26H31FN2O3/c1-18(2)32-24(20-6-4-3-5-7-20)25(31)29-14-12-26(13-15-29)16-23(30)28-17-22(26)19-8-10-21(27)11-9-19/h3-11,18,22,24H,12-17H2,1-2H3,(H,28,30). The van der Waals surface area contributed by atoms with Crippen LogP contribution in [0, 0.1) is 11.2 Å². The summed E-state index contributed by atoms with van der Waals surface area (Å²) >= 11 is 0. The largest absolute Gasteiger partial charge is 0.361 e. The maximum absolute atomic E-state index is 13.5. The molecule has 2 aromatic rings. The highest BCUT2D eigenvalue weighted by molar-refractivity contribution is 5.83. The third-order valence-corrected chi connectivity index (χ3v) is 6.83. The molecule has 2 aliphatic rings. The summed E-state index contributed by atoms with van der Waals surface area (Å²) in [6.45, 7) is 5.56. The van der Waals surface area contributed by atoms with Crippen LogP contribution in [-0.4, -0.2) is 42.5 Å². The van der Waals surface area contributed by atoms with E-state index in [-0.39, 0.29) is 35.1 Å². The topological polar surface area (TPSA) is 58.6 Å². The molecule has 32 heavy (non-hydrogen) atoms. The number of benzene rings is 2. The van der Waals surface area contributed by atoms with Gasteiger partial charge < -0.3 is 15.0 Å². The van der Waals surface area contributed by atoms with Crippen LogP contribution in [0.4, 0.5) is 4.39 Å². The zero-order valence-electron chi connectivity index (χ0n) is 18.7. The van der Waals surface area contributed by atoms with E-state index >= 15 is 0 Å². The zero-order valence-corrected chi connectivity index (χ0v) is 18.7. The van der Waals surface area contributed by atoms with E-state index in [1.165, 1.54) is 12.1 Å². The predicted octanol–water partition coefficient (Wildman–Crippen LogP) is 4.20. The van der Waals surface area contributed by atoms with Gasteiger partial charge in [0.2, 0.25) is 5.91 Å². The van der Waals surface area contributed by atoms with E-state index in [0.717, 1.165) is 24.0 Å². The number of nitrogens with one attached hydrogen (secondary N) is 1. The summed E-state index contributed by atoms with van der Waals surface area (Å²) in [5.41, 5.74) is 1.67. The average Bonchev–Trinajstić information content (AvgIpc) is 2.79. The van der Waals surface area contributed by atoms with Crippen LogP contribution < -0.4 is 5.32 Å². The van der Waals surface area contributed by atoms with Gasteiger partial charge in [0.05, 0.1) is 6.10 Å². The minimum Gasteiger partial charge on any atom is -0.361 e. The van der Waals surface area contributed by atoms with Crippen molar-refractivity contribution in [2.24, 2.45) is 5.41 Å². The van der Waals surface area contributed by atoms with Crippen molar-refractivity contribution >= 4 is 11.8 Å². The Kier molecular flexibility index (Phi) is 6.60. The molecule has 2 aliphatic heterocycles. The Hall–Kier alpha value is -2.73. The van der Waals surface area contributed by atoms with Gasteiger partial charge in [-0.15, -0.1) is 0 Å². The van der Waals surface area contributed by atoms with Gasteiger partial charge in [-0.1, -0.05) is 42.5 Å². The van der Waals surface area contributed by atoms with Crippen LogP contribution >= 0.6 is 0 Å². The number of ether oxygens (including phenoxy) is 1. The Morgan fingerprint density at radius 2 is 1.75 bits per heavy atom. The lowest BCUT2D eigenvalue weighted by Crippen LogP contribution is -2.53. The zero-order chi connectivity index (χ0) is 22.7. The molecule has 2 amide bonds. The lowest BCUT2D eigenvalue weighted by molar-refractivity contribution is -0.150. The predicted molar refractivity (Wildman–Crippen MR) is 120 cm³/mol. The maximum Gasteiger partial charge on any atom is 0.256 e. The van der Waals surface area contributed by atoms with E-state index in [0.29, 0.717) is 26.1 Å². The molecule has 2 atom stereocenters. The first-order valence-electron chi connectivity index (χ1n) is 11.4. The maximum atomic E-state index is 13.5. The molecule has 2 aromatic carbocycles. The summed E-state index contributed by atoms with van der Waals surface area (Å²) < 4.78 is 19.5. The molecule has 2 saturated heterocycles. The second-order valence-electron chi connectivity index (χ2n) is 9.25. The fourth-order valence-corrected chi connectivity index (χ4v) is 5.15. The Labute approximate surface area is 188 Å². The van der Waals surface area contributed by atoms with Gasteiger partial charge in [0.25, 0.3) is 5.91 Å². The molecule has 2 unspecified atom stereocenters. The van der Waals surface area contributed by atoms with Crippen LogP contribution in [0.25, 0.3) is 0 Å². The van der Waals surface area contributed by atoms with E-state index in [2.05, 4.69) is 5.32 Å². The number of halogens is 1. The molecule has 4 rings (SSSR count). The Balaban J connectivity index is 1.52. The van der Waals surface area contributed by atoms with E-state index in [1.54, 1.807) is 0 Å². The van der Waals surface area contributed by atoms with E-state index < -0.39 is 6.10 Å². The molecule has 0 bridgehead atoms. The number of carbonyl (C=O) groups is 2.